The van der Waals surface area contributed by atoms with Crippen LogP contribution in [0.25, 0.3) is 0 Å². The van der Waals surface area contributed by atoms with Crippen molar-refractivity contribution in [2.45, 2.75) is 26.2 Å². The fourth-order valence-electron chi connectivity index (χ4n) is 1.95. The SMILES string of the molecule is Cc1c(NC(=O)N(C)CCCCCO)cccc1C(=O)O. The van der Waals surface area contributed by atoms with E-state index in [0.29, 0.717) is 17.8 Å². The second-order valence-corrected chi connectivity index (χ2v) is 4.92. The van der Waals surface area contributed by atoms with E-state index in [0.717, 1.165) is 19.3 Å². The molecule has 3 N–H and O–H groups in total. The second kappa shape index (κ2) is 8.26. The Bertz CT molecular complexity index is 502. The van der Waals surface area contributed by atoms with Gasteiger partial charge in [0, 0.05) is 25.9 Å². The lowest BCUT2D eigenvalue weighted by atomic mass is 10.1. The number of unbranched alkanes of at least 4 members (excludes halogenated alkanes) is 2. The maximum Gasteiger partial charge on any atom is 0.336 e. The summed E-state index contributed by atoms with van der Waals surface area (Å²) in [7, 11) is 1.69. The number of carbonyl (C=O) groups excluding carboxylic acids is 1. The van der Waals surface area contributed by atoms with Gasteiger partial charge in [0.2, 0.25) is 0 Å². The summed E-state index contributed by atoms with van der Waals surface area (Å²) in [5.74, 6) is -1.01. The van der Waals surface area contributed by atoms with E-state index in [9.17, 15) is 9.59 Å². The minimum Gasteiger partial charge on any atom is -0.478 e. The summed E-state index contributed by atoms with van der Waals surface area (Å²) < 4.78 is 0. The van der Waals surface area contributed by atoms with Crippen LogP contribution in [0.4, 0.5) is 10.5 Å². The van der Waals surface area contributed by atoms with Crippen molar-refractivity contribution >= 4 is 17.7 Å². The molecule has 0 heterocycles. The number of aliphatic hydroxyl groups excluding tert-OH is 1. The third kappa shape index (κ3) is 5.07. The number of anilines is 1. The largest absolute Gasteiger partial charge is 0.478 e. The summed E-state index contributed by atoms with van der Waals surface area (Å²) in [6, 6.07) is 4.52. The van der Waals surface area contributed by atoms with Crippen LogP contribution in [-0.4, -0.2) is 47.3 Å². The third-order valence-electron chi connectivity index (χ3n) is 3.30. The van der Waals surface area contributed by atoms with Crippen molar-refractivity contribution in [1.82, 2.24) is 4.90 Å². The fraction of sp³-hybridized carbons (Fsp3) is 0.467. The molecule has 0 aromatic heterocycles. The molecule has 1 aromatic rings. The third-order valence-corrected chi connectivity index (χ3v) is 3.30. The van der Waals surface area contributed by atoms with Gasteiger partial charge < -0.3 is 20.4 Å². The van der Waals surface area contributed by atoms with E-state index in [2.05, 4.69) is 5.32 Å². The zero-order valence-electron chi connectivity index (χ0n) is 12.4. The molecule has 0 bridgehead atoms. The maximum atomic E-state index is 12.0. The van der Waals surface area contributed by atoms with Crippen LogP contribution in [0, 0.1) is 6.92 Å². The van der Waals surface area contributed by atoms with Gasteiger partial charge in [-0.25, -0.2) is 9.59 Å². The number of amides is 2. The molecule has 1 rings (SSSR count). The van der Waals surface area contributed by atoms with Crippen LogP contribution in [0.15, 0.2) is 18.2 Å². The van der Waals surface area contributed by atoms with Crippen LogP contribution in [-0.2, 0) is 0 Å². The molecule has 6 nitrogen and oxygen atoms in total. The monoisotopic (exact) mass is 294 g/mol. The quantitative estimate of drug-likeness (QED) is 0.673. The van der Waals surface area contributed by atoms with Crippen molar-refractivity contribution in [3.8, 4) is 0 Å². The second-order valence-electron chi connectivity index (χ2n) is 4.92. The Morgan fingerprint density at radius 2 is 1.95 bits per heavy atom. The van der Waals surface area contributed by atoms with Crippen LogP contribution in [0.3, 0.4) is 0 Å². The average molecular weight is 294 g/mol. The smallest absolute Gasteiger partial charge is 0.336 e. The van der Waals surface area contributed by atoms with Crippen molar-refractivity contribution in [2.75, 3.05) is 25.5 Å². The van der Waals surface area contributed by atoms with Gasteiger partial charge in [-0.2, -0.15) is 0 Å². The summed E-state index contributed by atoms with van der Waals surface area (Å²) in [5.41, 5.74) is 1.22. The Morgan fingerprint density at radius 1 is 1.24 bits per heavy atom. The predicted octanol–water partition coefficient (Wildman–Crippen LogP) is 2.32. The van der Waals surface area contributed by atoms with Crippen LogP contribution in [0.1, 0.15) is 35.2 Å². The van der Waals surface area contributed by atoms with E-state index in [-0.39, 0.29) is 18.2 Å². The number of rotatable bonds is 7. The Kier molecular flexibility index (Phi) is 6.68. The standard InChI is InChI=1S/C15H22N2O4/c1-11-12(14(19)20)7-6-8-13(11)16-15(21)17(2)9-4-3-5-10-18/h6-8,18H,3-5,9-10H2,1-2H3,(H,16,21)(H,19,20). The van der Waals surface area contributed by atoms with Crippen molar-refractivity contribution in [2.24, 2.45) is 0 Å². The van der Waals surface area contributed by atoms with Gasteiger partial charge in [0.1, 0.15) is 0 Å². The number of carboxylic acid groups (broad SMARTS) is 1. The van der Waals surface area contributed by atoms with Crippen LogP contribution in [0.5, 0.6) is 0 Å². The lowest BCUT2D eigenvalue weighted by molar-refractivity contribution is 0.0696. The van der Waals surface area contributed by atoms with Crippen molar-refractivity contribution < 1.29 is 19.8 Å². The summed E-state index contributed by atoms with van der Waals surface area (Å²) >= 11 is 0. The van der Waals surface area contributed by atoms with Crippen LogP contribution < -0.4 is 5.32 Å². The van der Waals surface area contributed by atoms with Gasteiger partial charge in [-0.05, 0) is 43.9 Å². The number of urea groups is 1. The highest BCUT2D eigenvalue weighted by Crippen LogP contribution is 2.19. The molecule has 2 amide bonds. The molecule has 0 saturated heterocycles. The molecule has 0 spiro atoms. The normalized spacial score (nSPS) is 10.2. The Labute approximate surface area is 124 Å². The van der Waals surface area contributed by atoms with Crippen LogP contribution >= 0.6 is 0 Å². The molecule has 0 saturated carbocycles. The molecule has 6 heteroatoms. The molecule has 0 fully saturated rings. The Hall–Kier alpha value is -2.08. The predicted molar refractivity (Wildman–Crippen MR) is 80.7 cm³/mol. The number of carbonyl (C=O) groups is 2. The highest BCUT2D eigenvalue weighted by Gasteiger charge is 2.13. The summed E-state index contributed by atoms with van der Waals surface area (Å²) in [6.07, 6.45) is 2.41. The average Bonchev–Trinajstić information content (AvgIpc) is 2.45. The number of aliphatic hydroxyl groups is 1. The van der Waals surface area contributed by atoms with E-state index < -0.39 is 5.97 Å². The minimum atomic E-state index is -1.01. The highest BCUT2D eigenvalue weighted by atomic mass is 16.4. The Balaban J connectivity index is 2.62. The maximum absolute atomic E-state index is 12.0. The van der Waals surface area contributed by atoms with E-state index in [1.807, 2.05) is 0 Å². The zero-order chi connectivity index (χ0) is 15.8. The van der Waals surface area contributed by atoms with Gasteiger partial charge in [0.25, 0.3) is 0 Å². The molecule has 1 aromatic carbocycles. The number of hydrogen-bond donors (Lipinski definition) is 3. The van der Waals surface area contributed by atoms with Gasteiger partial charge in [0.15, 0.2) is 0 Å². The van der Waals surface area contributed by atoms with Gasteiger partial charge in [-0.3, -0.25) is 0 Å². The summed E-state index contributed by atoms with van der Waals surface area (Å²) in [6.45, 7) is 2.42. The number of nitrogens with one attached hydrogen (secondary N) is 1. The topological polar surface area (TPSA) is 89.9 Å². The zero-order valence-corrected chi connectivity index (χ0v) is 12.4. The summed E-state index contributed by atoms with van der Waals surface area (Å²) in [5, 5.41) is 20.5. The van der Waals surface area contributed by atoms with Crippen LogP contribution in [0.2, 0.25) is 0 Å². The van der Waals surface area contributed by atoms with E-state index in [1.54, 1.807) is 31.0 Å². The van der Waals surface area contributed by atoms with E-state index in [1.165, 1.54) is 6.07 Å². The molecular weight excluding hydrogens is 272 g/mol. The molecule has 0 aliphatic carbocycles. The van der Waals surface area contributed by atoms with E-state index >= 15 is 0 Å². The van der Waals surface area contributed by atoms with Crippen molar-refractivity contribution in [3.63, 3.8) is 0 Å². The van der Waals surface area contributed by atoms with Crippen molar-refractivity contribution in [3.05, 3.63) is 29.3 Å². The molecule has 0 aliphatic heterocycles. The Morgan fingerprint density at radius 3 is 2.57 bits per heavy atom. The number of aromatic carboxylic acids is 1. The molecular formula is C15H22N2O4. The number of benzene rings is 1. The van der Waals surface area contributed by atoms with Crippen molar-refractivity contribution in [1.29, 1.82) is 0 Å². The molecule has 0 aliphatic rings. The summed E-state index contributed by atoms with van der Waals surface area (Å²) in [4.78, 5) is 24.6. The first-order chi connectivity index (χ1) is 9.97. The fourth-order valence-corrected chi connectivity index (χ4v) is 1.95. The van der Waals surface area contributed by atoms with Gasteiger partial charge in [-0.15, -0.1) is 0 Å². The molecule has 0 radical (unpaired) electrons. The molecule has 0 atom stereocenters. The lowest BCUT2D eigenvalue weighted by Crippen LogP contribution is -2.32. The number of nitrogens with zero attached hydrogens (tertiary/aromatic N) is 1. The molecule has 116 valence electrons. The first-order valence-corrected chi connectivity index (χ1v) is 6.93. The highest BCUT2D eigenvalue weighted by molar-refractivity contribution is 5.95. The number of carboxylic acids is 1. The molecule has 0 unspecified atom stereocenters. The first-order valence-electron chi connectivity index (χ1n) is 6.93. The van der Waals surface area contributed by atoms with E-state index in [4.69, 9.17) is 10.2 Å². The number of hydrogen-bond acceptors (Lipinski definition) is 3. The first kappa shape index (κ1) is 17.0. The van der Waals surface area contributed by atoms with Gasteiger partial charge in [0.05, 0.1) is 5.56 Å². The molecule has 21 heavy (non-hydrogen) atoms. The van der Waals surface area contributed by atoms with Gasteiger partial charge >= 0.3 is 12.0 Å². The lowest BCUT2D eigenvalue weighted by Gasteiger charge is -2.19. The van der Waals surface area contributed by atoms with Gasteiger partial charge in [-0.1, -0.05) is 6.07 Å². The minimum absolute atomic E-state index is 0.164.